The SMILES string of the molecule is CC(C)=NNC1=N[C@@H]2[C@H](N1)C(=O)N(C)C(=O)N2C. The smallest absolute Gasteiger partial charge is 0.328 e. The van der Waals surface area contributed by atoms with E-state index in [9.17, 15) is 9.59 Å². The number of hydrogen-bond donors (Lipinski definition) is 2. The number of carbonyl (C=O) groups excluding carboxylic acids is 2. The van der Waals surface area contributed by atoms with Crippen LogP contribution in [0.2, 0.25) is 0 Å². The molecule has 0 spiro atoms. The van der Waals surface area contributed by atoms with Gasteiger partial charge in [0.2, 0.25) is 5.96 Å². The van der Waals surface area contributed by atoms with Crippen LogP contribution >= 0.6 is 0 Å². The van der Waals surface area contributed by atoms with Crippen molar-refractivity contribution in [2.24, 2.45) is 10.1 Å². The van der Waals surface area contributed by atoms with E-state index in [-0.39, 0.29) is 11.9 Å². The molecule has 0 radical (unpaired) electrons. The maximum atomic E-state index is 11.9. The Balaban J connectivity index is 2.18. The first-order chi connectivity index (χ1) is 8.41. The Morgan fingerprint density at radius 1 is 1.39 bits per heavy atom. The largest absolute Gasteiger partial charge is 0.340 e. The first-order valence-electron chi connectivity index (χ1n) is 5.57. The zero-order chi connectivity index (χ0) is 13.4. The van der Waals surface area contributed by atoms with Gasteiger partial charge in [-0.15, -0.1) is 0 Å². The fourth-order valence-electron chi connectivity index (χ4n) is 1.84. The molecule has 2 aliphatic rings. The number of nitrogens with zero attached hydrogens (tertiary/aromatic N) is 4. The fourth-order valence-corrected chi connectivity index (χ4v) is 1.84. The molecule has 98 valence electrons. The molecule has 18 heavy (non-hydrogen) atoms. The number of imide groups is 1. The minimum Gasteiger partial charge on any atom is -0.340 e. The predicted molar refractivity (Wildman–Crippen MR) is 66.0 cm³/mol. The molecule has 2 aliphatic heterocycles. The molecule has 0 aromatic carbocycles. The highest BCUT2D eigenvalue weighted by Gasteiger charge is 2.46. The van der Waals surface area contributed by atoms with E-state index in [1.807, 2.05) is 13.8 Å². The van der Waals surface area contributed by atoms with Gasteiger partial charge in [-0.3, -0.25) is 9.69 Å². The Morgan fingerprint density at radius 3 is 2.67 bits per heavy atom. The summed E-state index contributed by atoms with van der Waals surface area (Å²) in [5.74, 6) is 0.107. The van der Waals surface area contributed by atoms with Gasteiger partial charge in [-0.05, 0) is 13.8 Å². The Labute approximate surface area is 105 Å². The highest BCUT2D eigenvalue weighted by Crippen LogP contribution is 2.19. The van der Waals surface area contributed by atoms with E-state index < -0.39 is 12.2 Å². The van der Waals surface area contributed by atoms with Crippen molar-refractivity contribution in [3.05, 3.63) is 0 Å². The van der Waals surface area contributed by atoms with Gasteiger partial charge in [0.25, 0.3) is 5.91 Å². The summed E-state index contributed by atoms with van der Waals surface area (Å²) in [5, 5.41) is 6.92. The summed E-state index contributed by atoms with van der Waals surface area (Å²) >= 11 is 0. The molecule has 0 bridgehead atoms. The van der Waals surface area contributed by atoms with E-state index >= 15 is 0 Å². The summed E-state index contributed by atoms with van der Waals surface area (Å²) in [6.45, 7) is 3.67. The molecular weight excluding hydrogens is 236 g/mol. The normalized spacial score (nSPS) is 26.6. The molecule has 1 fully saturated rings. The molecule has 0 aromatic heterocycles. The molecule has 2 rings (SSSR count). The summed E-state index contributed by atoms with van der Waals surface area (Å²) in [5.41, 5.74) is 3.56. The molecule has 0 aromatic rings. The van der Waals surface area contributed by atoms with Crippen LogP contribution in [0.15, 0.2) is 10.1 Å². The van der Waals surface area contributed by atoms with Crippen LogP contribution in [-0.2, 0) is 4.79 Å². The van der Waals surface area contributed by atoms with Crippen LogP contribution in [0.3, 0.4) is 0 Å². The molecule has 0 saturated carbocycles. The average Bonchev–Trinajstić information content (AvgIpc) is 2.75. The van der Waals surface area contributed by atoms with E-state index in [1.165, 1.54) is 11.9 Å². The molecule has 0 aliphatic carbocycles. The minimum absolute atomic E-state index is 0.291. The molecule has 1 saturated heterocycles. The van der Waals surface area contributed by atoms with Crippen LogP contribution in [-0.4, -0.2) is 59.7 Å². The van der Waals surface area contributed by atoms with Gasteiger partial charge in [0.05, 0.1) is 0 Å². The number of likely N-dealkylation sites (N-methyl/N-ethyl adjacent to an activating group) is 2. The lowest BCUT2D eigenvalue weighted by Crippen LogP contribution is -2.63. The lowest BCUT2D eigenvalue weighted by atomic mass is 10.1. The van der Waals surface area contributed by atoms with Crippen LogP contribution < -0.4 is 10.7 Å². The van der Waals surface area contributed by atoms with Gasteiger partial charge in [0, 0.05) is 19.8 Å². The van der Waals surface area contributed by atoms with Crippen molar-refractivity contribution in [1.29, 1.82) is 0 Å². The van der Waals surface area contributed by atoms with Crippen molar-refractivity contribution >= 4 is 23.6 Å². The van der Waals surface area contributed by atoms with Crippen molar-refractivity contribution < 1.29 is 9.59 Å². The Morgan fingerprint density at radius 2 is 2.06 bits per heavy atom. The molecular formula is C10H16N6O2. The van der Waals surface area contributed by atoms with Gasteiger partial charge >= 0.3 is 6.03 Å². The number of guanidine groups is 1. The maximum absolute atomic E-state index is 11.9. The van der Waals surface area contributed by atoms with Crippen LogP contribution in [0.25, 0.3) is 0 Å². The first-order valence-corrected chi connectivity index (χ1v) is 5.57. The molecule has 0 unspecified atom stereocenters. The summed E-state index contributed by atoms with van der Waals surface area (Å²) in [7, 11) is 3.07. The zero-order valence-electron chi connectivity index (χ0n) is 10.8. The zero-order valence-corrected chi connectivity index (χ0v) is 10.8. The lowest BCUT2D eigenvalue weighted by Gasteiger charge is -2.36. The Hall–Kier alpha value is -2.12. The van der Waals surface area contributed by atoms with Crippen LogP contribution in [0, 0.1) is 0 Å². The van der Waals surface area contributed by atoms with Crippen molar-refractivity contribution in [3.8, 4) is 0 Å². The number of carbonyl (C=O) groups is 2. The number of amides is 3. The highest BCUT2D eigenvalue weighted by atomic mass is 16.2. The van der Waals surface area contributed by atoms with Gasteiger partial charge in [-0.2, -0.15) is 5.10 Å². The van der Waals surface area contributed by atoms with E-state index in [0.29, 0.717) is 5.96 Å². The monoisotopic (exact) mass is 252 g/mol. The Kier molecular flexibility index (Phi) is 2.93. The van der Waals surface area contributed by atoms with Crippen LogP contribution in [0.1, 0.15) is 13.8 Å². The third kappa shape index (κ3) is 1.89. The summed E-state index contributed by atoms with van der Waals surface area (Å²) in [6, 6.07) is -0.907. The number of fused-ring (bicyclic) bond motifs is 1. The standard InChI is InChI=1S/C10H16N6O2/c1-5(2)13-14-9-11-6-7(12-9)15(3)10(18)16(4)8(6)17/h6-7H,1-4H3,(H2,11,12,14)/t6-,7-/m0/s1. The third-order valence-electron chi connectivity index (χ3n) is 2.82. The number of aliphatic imine (C=N–C) groups is 1. The molecule has 2 heterocycles. The number of urea groups is 1. The third-order valence-corrected chi connectivity index (χ3v) is 2.82. The van der Waals surface area contributed by atoms with E-state index in [0.717, 1.165) is 10.6 Å². The lowest BCUT2D eigenvalue weighted by molar-refractivity contribution is -0.133. The summed E-state index contributed by atoms with van der Waals surface area (Å²) in [4.78, 5) is 30.4. The first kappa shape index (κ1) is 12.3. The molecule has 8 heteroatoms. The van der Waals surface area contributed by atoms with Crippen molar-refractivity contribution in [3.63, 3.8) is 0 Å². The van der Waals surface area contributed by atoms with Crippen molar-refractivity contribution in [2.45, 2.75) is 26.1 Å². The second-order valence-electron chi connectivity index (χ2n) is 4.47. The van der Waals surface area contributed by atoms with E-state index in [4.69, 9.17) is 0 Å². The minimum atomic E-state index is -0.549. The number of hydrazone groups is 1. The topological polar surface area (TPSA) is 89.4 Å². The van der Waals surface area contributed by atoms with E-state index in [2.05, 4.69) is 20.8 Å². The summed E-state index contributed by atoms with van der Waals surface area (Å²) in [6.07, 6.45) is -0.518. The van der Waals surface area contributed by atoms with Crippen molar-refractivity contribution in [2.75, 3.05) is 14.1 Å². The molecule has 8 nitrogen and oxygen atoms in total. The van der Waals surface area contributed by atoms with Gasteiger partial charge in [0.15, 0.2) is 6.17 Å². The van der Waals surface area contributed by atoms with Crippen LogP contribution in [0.4, 0.5) is 4.79 Å². The van der Waals surface area contributed by atoms with Crippen molar-refractivity contribution in [1.82, 2.24) is 20.5 Å². The van der Waals surface area contributed by atoms with Gasteiger partial charge in [-0.25, -0.2) is 15.2 Å². The molecule has 2 N–H and O–H groups in total. The maximum Gasteiger partial charge on any atom is 0.328 e. The predicted octanol–water partition coefficient (Wildman–Crippen LogP) is -0.850. The highest BCUT2D eigenvalue weighted by molar-refractivity contribution is 6.03. The molecule has 2 atom stereocenters. The fraction of sp³-hybridized carbons (Fsp3) is 0.600. The number of hydrogen-bond acceptors (Lipinski definition) is 6. The Bertz CT molecular complexity index is 453. The van der Waals surface area contributed by atoms with E-state index in [1.54, 1.807) is 7.05 Å². The van der Waals surface area contributed by atoms with Gasteiger partial charge < -0.3 is 10.2 Å². The second kappa shape index (κ2) is 4.28. The quantitative estimate of drug-likeness (QED) is 0.470. The van der Waals surface area contributed by atoms with Gasteiger partial charge in [-0.1, -0.05) is 0 Å². The average molecular weight is 252 g/mol. The van der Waals surface area contributed by atoms with Gasteiger partial charge in [0.1, 0.15) is 6.04 Å². The summed E-state index contributed by atoms with van der Waals surface area (Å²) < 4.78 is 0. The number of nitrogens with one attached hydrogen (secondary N) is 2. The number of rotatable bonds is 1. The molecule has 3 amide bonds. The van der Waals surface area contributed by atoms with Crippen LogP contribution in [0.5, 0.6) is 0 Å². The second-order valence-corrected chi connectivity index (χ2v) is 4.47.